The molecule has 5 heteroatoms. The first-order valence-electron chi connectivity index (χ1n) is 7.72. The summed E-state index contributed by atoms with van der Waals surface area (Å²) in [7, 11) is 0. The minimum atomic E-state index is -0.737. The molecule has 23 heavy (non-hydrogen) atoms. The number of aliphatic hydroxyl groups excluding tert-OH is 1. The fraction of sp³-hybridized carbons (Fsp3) is 0.389. The third-order valence-corrected chi connectivity index (χ3v) is 3.63. The van der Waals surface area contributed by atoms with Crippen molar-refractivity contribution in [3.05, 3.63) is 59.3 Å². The van der Waals surface area contributed by atoms with Gasteiger partial charge in [0.15, 0.2) is 0 Å². The molecule has 0 spiro atoms. The second kappa shape index (κ2) is 7.92. The number of nitrogens with one attached hydrogen (secondary N) is 1. The SMILES string of the molecule is Cc1ccc(CCC(=O)NC(C)CC(O)c2ccc(F)cc2)o1. The molecule has 4 nitrogen and oxygen atoms in total. The Labute approximate surface area is 135 Å². The molecule has 0 radical (unpaired) electrons. The topological polar surface area (TPSA) is 62.5 Å². The van der Waals surface area contributed by atoms with Crippen LogP contribution < -0.4 is 5.32 Å². The van der Waals surface area contributed by atoms with E-state index in [1.54, 1.807) is 12.1 Å². The number of amides is 1. The number of hydrogen-bond donors (Lipinski definition) is 2. The number of aryl methyl sites for hydroxylation is 2. The van der Waals surface area contributed by atoms with Crippen LogP contribution in [0.3, 0.4) is 0 Å². The van der Waals surface area contributed by atoms with Gasteiger partial charge in [-0.25, -0.2) is 4.39 Å². The van der Waals surface area contributed by atoms with Crippen LogP contribution in [-0.2, 0) is 11.2 Å². The van der Waals surface area contributed by atoms with Gasteiger partial charge in [-0.15, -0.1) is 0 Å². The van der Waals surface area contributed by atoms with E-state index in [1.165, 1.54) is 12.1 Å². The van der Waals surface area contributed by atoms with E-state index in [9.17, 15) is 14.3 Å². The van der Waals surface area contributed by atoms with Crippen LogP contribution in [0.15, 0.2) is 40.8 Å². The molecule has 2 unspecified atom stereocenters. The van der Waals surface area contributed by atoms with Crippen LogP contribution in [0, 0.1) is 12.7 Å². The summed E-state index contributed by atoms with van der Waals surface area (Å²) in [6.45, 7) is 3.70. The number of halogens is 1. The fourth-order valence-corrected chi connectivity index (χ4v) is 2.42. The minimum Gasteiger partial charge on any atom is -0.466 e. The molecule has 1 aromatic heterocycles. The molecule has 2 rings (SSSR count). The highest BCUT2D eigenvalue weighted by Gasteiger charge is 2.15. The lowest BCUT2D eigenvalue weighted by molar-refractivity contribution is -0.121. The van der Waals surface area contributed by atoms with Gasteiger partial charge in [0.1, 0.15) is 17.3 Å². The first-order valence-corrected chi connectivity index (χ1v) is 7.72. The lowest BCUT2D eigenvalue weighted by atomic mass is 10.0. The van der Waals surface area contributed by atoms with Crippen molar-refractivity contribution in [3.63, 3.8) is 0 Å². The van der Waals surface area contributed by atoms with Crippen molar-refractivity contribution in [2.45, 2.75) is 45.3 Å². The first kappa shape index (κ1) is 17.2. The quantitative estimate of drug-likeness (QED) is 0.823. The Bertz CT molecular complexity index is 636. The average molecular weight is 319 g/mol. The summed E-state index contributed by atoms with van der Waals surface area (Å²) in [6, 6.07) is 9.28. The van der Waals surface area contributed by atoms with Gasteiger partial charge < -0.3 is 14.8 Å². The fourth-order valence-electron chi connectivity index (χ4n) is 2.42. The molecule has 0 saturated carbocycles. The van der Waals surface area contributed by atoms with Gasteiger partial charge in [-0.3, -0.25) is 4.79 Å². The van der Waals surface area contributed by atoms with Crippen LogP contribution in [0.5, 0.6) is 0 Å². The highest BCUT2D eigenvalue weighted by atomic mass is 19.1. The van der Waals surface area contributed by atoms with E-state index >= 15 is 0 Å². The summed E-state index contributed by atoms with van der Waals surface area (Å²) in [6.07, 6.45) is 0.521. The number of rotatable bonds is 7. The number of furan rings is 1. The highest BCUT2D eigenvalue weighted by Crippen LogP contribution is 2.18. The average Bonchev–Trinajstić information content (AvgIpc) is 2.91. The van der Waals surface area contributed by atoms with Crippen molar-refractivity contribution in [2.75, 3.05) is 0 Å². The molecule has 0 fully saturated rings. The Morgan fingerprint density at radius 3 is 2.57 bits per heavy atom. The number of benzene rings is 1. The maximum Gasteiger partial charge on any atom is 0.220 e. The number of carbonyl (C=O) groups excluding carboxylic acids is 1. The van der Waals surface area contributed by atoms with E-state index in [0.29, 0.717) is 24.8 Å². The molecule has 0 aliphatic rings. The monoisotopic (exact) mass is 319 g/mol. The van der Waals surface area contributed by atoms with E-state index in [4.69, 9.17) is 4.42 Å². The van der Waals surface area contributed by atoms with E-state index in [-0.39, 0.29) is 17.8 Å². The zero-order valence-corrected chi connectivity index (χ0v) is 13.4. The molecular formula is C18H22FNO3. The van der Waals surface area contributed by atoms with Crippen molar-refractivity contribution in [1.82, 2.24) is 5.32 Å². The van der Waals surface area contributed by atoms with Crippen LogP contribution in [0.4, 0.5) is 4.39 Å². The molecule has 0 aliphatic heterocycles. The molecule has 1 amide bonds. The highest BCUT2D eigenvalue weighted by molar-refractivity contribution is 5.76. The van der Waals surface area contributed by atoms with Crippen molar-refractivity contribution in [3.8, 4) is 0 Å². The van der Waals surface area contributed by atoms with Gasteiger partial charge in [0, 0.05) is 18.9 Å². The molecule has 2 aromatic rings. The summed E-state index contributed by atoms with van der Waals surface area (Å²) in [5.41, 5.74) is 0.638. The summed E-state index contributed by atoms with van der Waals surface area (Å²) >= 11 is 0. The van der Waals surface area contributed by atoms with Crippen LogP contribution >= 0.6 is 0 Å². The van der Waals surface area contributed by atoms with Crippen LogP contribution in [0.2, 0.25) is 0 Å². The van der Waals surface area contributed by atoms with Crippen molar-refractivity contribution < 1.29 is 18.7 Å². The Morgan fingerprint density at radius 1 is 1.26 bits per heavy atom. The normalized spacial score (nSPS) is 13.6. The first-order chi connectivity index (χ1) is 10.9. The second-order valence-corrected chi connectivity index (χ2v) is 5.78. The number of aliphatic hydroxyl groups is 1. The predicted octanol–water partition coefficient (Wildman–Crippen LogP) is 3.29. The zero-order valence-electron chi connectivity index (χ0n) is 13.4. The summed E-state index contributed by atoms with van der Waals surface area (Å²) < 4.78 is 18.3. The Kier molecular flexibility index (Phi) is 5.93. The molecule has 124 valence electrons. The van der Waals surface area contributed by atoms with E-state index in [1.807, 2.05) is 26.0 Å². The Balaban J connectivity index is 1.75. The van der Waals surface area contributed by atoms with Crippen LogP contribution in [0.1, 0.15) is 43.0 Å². The molecular weight excluding hydrogens is 297 g/mol. The third kappa shape index (κ3) is 5.53. The van der Waals surface area contributed by atoms with Gasteiger partial charge in [0.2, 0.25) is 5.91 Å². The lowest BCUT2D eigenvalue weighted by Gasteiger charge is -2.18. The van der Waals surface area contributed by atoms with Crippen LogP contribution in [0.25, 0.3) is 0 Å². The van der Waals surface area contributed by atoms with Crippen molar-refractivity contribution in [1.29, 1.82) is 0 Å². The van der Waals surface area contributed by atoms with Crippen molar-refractivity contribution >= 4 is 5.91 Å². The predicted molar refractivity (Wildman–Crippen MR) is 85.3 cm³/mol. The molecule has 0 bridgehead atoms. The van der Waals surface area contributed by atoms with Crippen molar-refractivity contribution in [2.24, 2.45) is 0 Å². The van der Waals surface area contributed by atoms with Gasteiger partial charge in [0.05, 0.1) is 6.10 Å². The van der Waals surface area contributed by atoms with Crippen LogP contribution in [-0.4, -0.2) is 17.1 Å². The molecule has 0 saturated heterocycles. The lowest BCUT2D eigenvalue weighted by Crippen LogP contribution is -2.33. The smallest absolute Gasteiger partial charge is 0.220 e. The number of carbonyl (C=O) groups is 1. The minimum absolute atomic E-state index is 0.0853. The summed E-state index contributed by atoms with van der Waals surface area (Å²) in [5, 5.41) is 13.0. The standard InChI is InChI=1S/C18H22FNO3/c1-12(11-17(21)14-4-6-15(19)7-5-14)20-18(22)10-9-16-8-3-13(2)23-16/h3-8,12,17,21H,9-11H2,1-2H3,(H,20,22). The van der Waals surface area contributed by atoms with E-state index in [2.05, 4.69) is 5.32 Å². The Hall–Kier alpha value is -2.14. The van der Waals surface area contributed by atoms with E-state index < -0.39 is 6.10 Å². The van der Waals surface area contributed by atoms with Gasteiger partial charge in [-0.05, 0) is 50.1 Å². The van der Waals surface area contributed by atoms with Gasteiger partial charge in [0.25, 0.3) is 0 Å². The molecule has 1 aromatic carbocycles. The maximum atomic E-state index is 12.9. The van der Waals surface area contributed by atoms with E-state index in [0.717, 1.165) is 11.5 Å². The third-order valence-electron chi connectivity index (χ3n) is 3.63. The molecule has 1 heterocycles. The zero-order chi connectivity index (χ0) is 16.8. The molecule has 0 aliphatic carbocycles. The molecule has 2 atom stereocenters. The summed E-state index contributed by atoms with van der Waals surface area (Å²) in [5.74, 6) is 1.20. The summed E-state index contributed by atoms with van der Waals surface area (Å²) in [4.78, 5) is 11.9. The molecule has 2 N–H and O–H groups in total. The van der Waals surface area contributed by atoms with Gasteiger partial charge >= 0.3 is 0 Å². The Morgan fingerprint density at radius 2 is 1.96 bits per heavy atom. The van der Waals surface area contributed by atoms with Gasteiger partial charge in [-0.1, -0.05) is 12.1 Å². The van der Waals surface area contributed by atoms with Gasteiger partial charge in [-0.2, -0.15) is 0 Å². The maximum absolute atomic E-state index is 12.9. The largest absolute Gasteiger partial charge is 0.466 e. The second-order valence-electron chi connectivity index (χ2n) is 5.78. The number of hydrogen-bond acceptors (Lipinski definition) is 3.